The molecule has 0 bridgehead atoms. The molecule has 1 aliphatic rings. The highest BCUT2D eigenvalue weighted by Crippen LogP contribution is 2.20. The van der Waals surface area contributed by atoms with E-state index in [4.69, 9.17) is 9.84 Å². The van der Waals surface area contributed by atoms with Crippen LogP contribution in [-0.2, 0) is 19.1 Å². The maximum Gasteiger partial charge on any atom is 0.326 e. The third-order valence-electron chi connectivity index (χ3n) is 3.12. The van der Waals surface area contributed by atoms with E-state index in [0.29, 0.717) is 12.8 Å². The molecule has 1 rings (SSSR count). The van der Waals surface area contributed by atoms with Crippen molar-refractivity contribution < 1.29 is 24.2 Å². The molecule has 1 fully saturated rings. The number of carboxylic acids is 1. The van der Waals surface area contributed by atoms with Crippen LogP contribution in [0.2, 0.25) is 0 Å². The first-order valence-corrected chi connectivity index (χ1v) is 6.31. The highest BCUT2D eigenvalue weighted by Gasteiger charge is 2.39. The van der Waals surface area contributed by atoms with Crippen molar-refractivity contribution in [1.29, 1.82) is 0 Å². The third kappa shape index (κ3) is 4.20. The number of aliphatic carboxylic acids is 1. The first-order chi connectivity index (χ1) is 8.99. The molecule has 0 spiro atoms. The molecule has 0 aromatic carbocycles. The normalized spacial score (nSPS) is 22.3. The van der Waals surface area contributed by atoms with Gasteiger partial charge in [0.2, 0.25) is 11.8 Å². The first-order valence-electron chi connectivity index (χ1n) is 6.31. The average molecular weight is 272 g/mol. The highest BCUT2D eigenvalue weighted by atomic mass is 16.5. The number of rotatable bonds is 6. The van der Waals surface area contributed by atoms with Crippen LogP contribution < -0.4 is 5.32 Å². The predicted molar refractivity (Wildman–Crippen MR) is 66.5 cm³/mol. The summed E-state index contributed by atoms with van der Waals surface area (Å²) in [6.07, 6.45) is 1.07. The Morgan fingerprint density at radius 2 is 2.11 bits per heavy atom. The van der Waals surface area contributed by atoms with E-state index < -0.39 is 17.9 Å². The fourth-order valence-corrected chi connectivity index (χ4v) is 2.07. The average Bonchev–Trinajstić information content (AvgIpc) is 2.80. The van der Waals surface area contributed by atoms with Crippen molar-refractivity contribution in [1.82, 2.24) is 10.2 Å². The van der Waals surface area contributed by atoms with E-state index in [1.165, 1.54) is 12.0 Å². The minimum atomic E-state index is -1.05. The number of ether oxygens (including phenoxy) is 1. The van der Waals surface area contributed by atoms with E-state index >= 15 is 0 Å². The van der Waals surface area contributed by atoms with Crippen LogP contribution in [0.15, 0.2) is 0 Å². The van der Waals surface area contributed by atoms with E-state index in [0.717, 1.165) is 0 Å². The van der Waals surface area contributed by atoms with Crippen LogP contribution >= 0.6 is 0 Å². The van der Waals surface area contributed by atoms with E-state index in [1.54, 1.807) is 0 Å². The zero-order valence-electron chi connectivity index (χ0n) is 11.2. The Balaban J connectivity index is 2.54. The lowest BCUT2D eigenvalue weighted by Gasteiger charge is -2.21. The molecule has 2 amide bonds. The van der Waals surface area contributed by atoms with Gasteiger partial charge in [0.15, 0.2) is 0 Å². The Bertz CT molecular complexity index is 358. The Morgan fingerprint density at radius 1 is 1.42 bits per heavy atom. The molecule has 2 atom stereocenters. The van der Waals surface area contributed by atoms with Gasteiger partial charge in [0, 0.05) is 26.5 Å². The largest absolute Gasteiger partial charge is 0.480 e. The Hall–Kier alpha value is -1.63. The van der Waals surface area contributed by atoms with Crippen molar-refractivity contribution in [2.24, 2.45) is 0 Å². The standard InChI is InChI=1S/C12H20N2O5/c1-3-4-10(15)13-6-11(16)14-7-8(19-2)5-9(14)12(17)18/h8-9H,3-7H2,1-2H3,(H,13,15)(H,17,18). The Morgan fingerprint density at radius 3 is 2.63 bits per heavy atom. The summed E-state index contributed by atoms with van der Waals surface area (Å²) in [7, 11) is 1.49. The monoisotopic (exact) mass is 272 g/mol. The first kappa shape index (κ1) is 15.4. The van der Waals surface area contributed by atoms with Gasteiger partial charge >= 0.3 is 5.97 Å². The van der Waals surface area contributed by atoms with Crippen molar-refractivity contribution in [3.63, 3.8) is 0 Å². The van der Waals surface area contributed by atoms with Gasteiger partial charge in [-0.1, -0.05) is 6.92 Å². The topological polar surface area (TPSA) is 95.9 Å². The highest BCUT2D eigenvalue weighted by molar-refractivity contribution is 5.88. The molecule has 108 valence electrons. The number of carbonyl (C=O) groups excluding carboxylic acids is 2. The molecule has 0 aliphatic carbocycles. The molecule has 7 nitrogen and oxygen atoms in total. The number of likely N-dealkylation sites (tertiary alicyclic amines) is 1. The van der Waals surface area contributed by atoms with Crippen molar-refractivity contribution in [2.75, 3.05) is 20.2 Å². The number of hydrogen-bond acceptors (Lipinski definition) is 4. The second kappa shape index (κ2) is 7.08. The van der Waals surface area contributed by atoms with E-state index in [9.17, 15) is 14.4 Å². The quantitative estimate of drug-likeness (QED) is 0.686. The molecule has 19 heavy (non-hydrogen) atoms. The molecule has 0 aromatic rings. The minimum Gasteiger partial charge on any atom is -0.480 e. The van der Waals surface area contributed by atoms with Gasteiger partial charge in [0.25, 0.3) is 0 Å². The summed E-state index contributed by atoms with van der Waals surface area (Å²) >= 11 is 0. The zero-order valence-corrected chi connectivity index (χ0v) is 11.2. The maximum absolute atomic E-state index is 11.9. The van der Waals surface area contributed by atoms with E-state index in [-0.39, 0.29) is 31.5 Å². The van der Waals surface area contributed by atoms with Gasteiger partial charge in [0.05, 0.1) is 12.6 Å². The van der Waals surface area contributed by atoms with Crippen molar-refractivity contribution >= 4 is 17.8 Å². The lowest BCUT2D eigenvalue weighted by Crippen LogP contribution is -2.45. The second-order valence-corrected chi connectivity index (χ2v) is 4.52. The van der Waals surface area contributed by atoms with Gasteiger partial charge in [-0.3, -0.25) is 9.59 Å². The number of carboxylic acid groups (broad SMARTS) is 1. The van der Waals surface area contributed by atoms with Gasteiger partial charge in [-0.15, -0.1) is 0 Å². The number of nitrogens with zero attached hydrogens (tertiary/aromatic N) is 1. The van der Waals surface area contributed by atoms with Crippen LogP contribution in [-0.4, -0.2) is 60.1 Å². The minimum absolute atomic E-state index is 0.168. The SMILES string of the molecule is CCCC(=O)NCC(=O)N1CC(OC)CC1C(=O)O. The summed E-state index contributed by atoms with van der Waals surface area (Å²) in [6.45, 7) is 1.94. The van der Waals surface area contributed by atoms with Gasteiger partial charge in [-0.2, -0.15) is 0 Å². The van der Waals surface area contributed by atoms with Gasteiger partial charge in [-0.25, -0.2) is 4.79 Å². The molecule has 1 saturated heterocycles. The molecule has 0 saturated carbocycles. The van der Waals surface area contributed by atoms with Crippen LogP contribution in [0.25, 0.3) is 0 Å². The smallest absolute Gasteiger partial charge is 0.326 e. The number of methoxy groups -OCH3 is 1. The number of hydrogen-bond donors (Lipinski definition) is 2. The Labute approximate surface area is 111 Å². The zero-order chi connectivity index (χ0) is 14.4. The van der Waals surface area contributed by atoms with Crippen molar-refractivity contribution in [3.8, 4) is 0 Å². The maximum atomic E-state index is 11.9. The van der Waals surface area contributed by atoms with Crippen LogP contribution in [0.1, 0.15) is 26.2 Å². The number of amides is 2. The summed E-state index contributed by atoms with van der Waals surface area (Å²) in [5.41, 5.74) is 0. The number of nitrogens with one attached hydrogen (secondary N) is 1. The van der Waals surface area contributed by atoms with Crippen LogP contribution in [0.4, 0.5) is 0 Å². The molecular formula is C12H20N2O5. The lowest BCUT2D eigenvalue weighted by atomic mass is 10.2. The molecule has 1 heterocycles. The molecule has 7 heteroatoms. The molecule has 0 aromatic heterocycles. The Kier molecular flexibility index (Phi) is 5.75. The van der Waals surface area contributed by atoms with Gasteiger partial charge < -0.3 is 20.1 Å². The fraction of sp³-hybridized carbons (Fsp3) is 0.750. The van der Waals surface area contributed by atoms with Crippen LogP contribution in [0.5, 0.6) is 0 Å². The summed E-state index contributed by atoms with van der Waals surface area (Å²) < 4.78 is 5.09. The van der Waals surface area contributed by atoms with Gasteiger partial charge in [-0.05, 0) is 6.42 Å². The molecule has 0 radical (unpaired) electrons. The molecule has 2 N–H and O–H groups in total. The fourth-order valence-electron chi connectivity index (χ4n) is 2.07. The van der Waals surface area contributed by atoms with Crippen molar-refractivity contribution in [2.45, 2.75) is 38.3 Å². The summed E-state index contributed by atoms with van der Waals surface area (Å²) in [5.74, 6) is -1.64. The summed E-state index contributed by atoms with van der Waals surface area (Å²) in [4.78, 5) is 35.5. The predicted octanol–water partition coefficient (Wildman–Crippen LogP) is -0.397. The number of carbonyl (C=O) groups is 3. The van der Waals surface area contributed by atoms with Crippen LogP contribution in [0, 0.1) is 0 Å². The van der Waals surface area contributed by atoms with Crippen molar-refractivity contribution in [3.05, 3.63) is 0 Å². The van der Waals surface area contributed by atoms with Crippen LogP contribution in [0.3, 0.4) is 0 Å². The third-order valence-corrected chi connectivity index (χ3v) is 3.12. The second-order valence-electron chi connectivity index (χ2n) is 4.52. The summed E-state index contributed by atoms with van der Waals surface area (Å²) in [5, 5.41) is 11.6. The summed E-state index contributed by atoms with van der Waals surface area (Å²) in [6, 6.07) is -0.875. The van der Waals surface area contributed by atoms with E-state index in [2.05, 4.69) is 5.32 Å². The molecule has 1 aliphatic heterocycles. The molecule has 2 unspecified atom stereocenters. The van der Waals surface area contributed by atoms with E-state index in [1.807, 2.05) is 6.92 Å². The van der Waals surface area contributed by atoms with Gasteiger partial charge in [0.1, 0.15) is 6.04 Å². The molecular weight excluding hydrogens is 252 g/mol. The lowest BCUT2D eigenvalue weighted by molar-refractivity contribution is -0.148.